The third-order valence-corrected chi connectivity index (χ3v) is 1.83. The Morgan fingerprint density at radius 2 is 2.31 bits per heavy atom. The minimum absolute atomic E-state index is 0.377. The second kappa shape index (κ2) is 5.81. The summed E-state index contributed by atoms with van der Waals surface area (Å²) in [7, 11) is 0. The molecular formula is C11H18O2. The van der Waals surface area contributed by atoms with Gasteiger partial charge in [0.25, 0.3) is 0 Å². The van der Waals surface area contributed by atoms with Gasteiger partial charge in [-0.2, -0.15) is 0 Å². The zero-order valence-corrected chi connectivity index (χ0v) is 8.45. The van der Waals surface area contributed by atoms with Gasteiger partial charge in [-0.05, 0) is 12.5 Å². The van der Waals surface area contributed by atoms with E-state index in [9.17, 15) is 0 Å². The molecular weight excluding hydrogens is 164 g/mol. The lowest BCUT2D eigenvalue weighted by Crippen LogP contribution is -2.02. The number of hydrogen-bond donors (Lipinski definition) is 0. The van der Waals surface area contributed by atoms with E-state index in [0.717, 1.165) is 31.8 Å². The number of allylic oxidation sites excluding steroid dienone is 4. The molecule has 0 radical (unpaired) electrons. The van der Waals surface area contributed by atoms with Gasteiger partial charge in [-0.1, -0.05) is 26.0 Å². The third kappa shape index (κ3) is 4.13. The molecule has 1 fully saturated rings. The van der Waals surface area contributed by atoms with Crippen molar-refractivity contribution < 1.29 is 9.47 Å². The maximum Gasteiger partial charge on any atom is 0.116 e. The molecule has 0 aromatic heterocycles. The maximum atomic E-state index is 5.49. The van der Waals surface area contributed by atoms with Crippen LogP contribution in [0.15, 0.2) is 24.0 Å². The summed E-state index contributed by atoms with van der Waals surface area (Å²) in [6.07, 6.45) is 8.77. The molecule has 0 spiro atoms. The van der Waals surface area contributed by atoms with Crippen LogP contribution in [0.5, 0.6) is 0 Å². The van der Waals surface area contributed by atoms with Crippen LogP contribution in [0.3, 0.4) is 0 Å². The molecule has 2 rings (SSSR count). The highest BCUT2D eigenvalue weighted by molar-refractivity contribution is 5.12. The summed E-state index contributed by atoms with van der Waals surface area (Å²) in [5, 5.41) is 0. The van der Waals surface area contributed by atoms with Crippen LogP contribution < -0.4 is 0 Å². The van der Waals surface area contributed by atoms with Crippen LogP contribution in [0.4, 0.5) is 0 Å². The van der Waals surface area contributed by atoms with Gasteiger partial charge < -0.3 is 9.47 Å². The minimum atomic E-state index is 0.377. The maximum absolute atomic E-state index is 5.49. The van der Waals surface area contributed by atoms with Gasteiger partial charge in [0.1, 0.15) is 12.7 Å². The first kappa shape index (κ1) is 10.3. The molecule has 0 amide bonds. The van der Waals surface area contributed by atoms with Crippen molar-refractivity contribution in [2.24, 2.45) is 0 Å². The fourth-order valence-electron chi connectivity index (χ4n) is 1.07. The van der Waals surface area contributed by atoms with Gasteiger partial charge in [0, 0.05) is 6.42 Å². The first-order valence-corrected chi connectivity index (χ1v) is 5.05. The fraction of sp³-hybridized carbons (Fsp3) is 0.636. The van der Waals surface area contributed by atoms with Gasteiger partial charge in [0.2, 0.25) is 0 Å². The summed E-state index contributed by atoms with van der Waals surface area (Å²) >= 11 is 0. The molecule has 2 heteroatoms. The fourth-order valence-corrected chi connectivity index (χ4v) is 1.07. The number of hydrogen-bond acceptors (Lipinski definition) is 2. The van der Waals surface area contributed by atoms with Gasteiger partial charge >= 0.3 is 0 Å². The van der Waals surface area contributed by atoms with Crippen LogP contribution in [0.25, 0.3) is 0 Å². The van der Waals surface area contributed by atoms with Crippen molar-refractivity contribution in [2.75, 3.05) is 13.2 Å². The van der Waals surface area contributed by atoms with Crippen molar-refractivity contribution in [3.8, 4) is 0 Å². The van der Waals surface area contributed by atoms with Crippen LogP contribution in [-0.2, 0) is 9.47 Å². The molecule has 1 heterocycles. The molecule has 1 atom stereocenters. The summed E-state index contributed by atoms with van der Waals surface area (Å²) in [6, 6.07) is 0. The molecule has 13 heavy (non-hydrogen) atoms. The second-order valence-corrected chi connectivity index (χ2v) is 2.87. The molecule has 0 bridgehead atoms. The van der Waals surface area contributed by atoms with Crippen molar-refractivity contribution in [1.82, 2.24) is 0 Å². The van der Waals surface area contributed by atoms with E-state index in [1.165, 1.54) is 0 Å². The van der Waals surface area contributed by atoms with Crippen molar-refractivity contribution >= 4 is 0 Å². The number of epoxide rings is 1. The lowest BCUT2D eigenvalue weighted by atomic mass is 10.2. The summed E-state index contributed by atoms with van der Waals surface area (Å²) in [6.45, 7) is 5.61. The Hall–Kier alpha value is -0.760. The lowest BCUT2D eigenvalue weighted by Gasteiger charge is -2.09. The van der Waals surface area contributed by atoms with E-state index in [1.807, 2.05) is 26.0 Å². The van der Waals surface area contributed by atoms with Gasteiger partial charge in [0.15, 0.2) is 0 Å². The normalized spacial score (nSPS) is 24.2. The van der Waals surface area contributed by atoms with Crippen molar-refractivity contribution in [1.29, 1.82) is 0 Å². The van der Waals surface area contributed by atoms with E-state index in [1.54, 1.807) is 0 Å². The SMILES string of the molecule is C1=CCCC(OCC2CO2)=C1.CC. The van der Waals surface area contributed by atoms with Gasteiger partial charge in [-0.3, -0.25) is 0 Å². The van der Waals surface area contributed by atoms with Crippen molar-refractivity contribution in [2.45, 2.75) is 32.8 Å². The monoisotopic (exact) mass is 182 g/mol. The Morgan fingerprint density at radius 3 is 2.85 bits per heavy atom. The molecule has 1 unspecified atom stereocenters. The molecule has 0 N–H and O–H groups in total. The molecule has 1 aliphatic carbocycles. The first-order valence-electron chi connectivity index (χ1n) is 5.05. The van der Waals surface area contributed by atoms with E-state index >= 15 is 0 Å². The lowest BCUT2D eigenvalue weighted by molar-refractivity contribution is 0.175. The molecule has 1 aliphatic heterocycles. The molecule has 0 aromatic carbocycles. The Labute approximate surface area is 80.2 Å². The van der Waals surface area contributed by atoms with Crippen LogP contribution in [0, 0.1) is 0 Å². The predicted octanol–water partition coefficient (Wildman–Crippen LogP) is 2.66. The molecule has 2 aliphatic rings. The van der Waals surface area contributed by atoms with Gasteiger partial charge in [0.05, 0.1) is 12.4 Å². The Morgan fingerprint density at radius 1 is 1.54 bits per heavy atom. The highest BCUT2D eigenvalue weighted by atomic mass is 16.6. The zero-order valence-electron chi connectivity index (χ0n) is 8.45. The molecule has 0 saturated carbocycles. The highest BCUT2D eigenvalue weighted by Crippen LogP contribution is 2.16. The van der Waals surface area contributed by atoms with Gasteiger partial charge in [-0.25, -0.2) is 0 Å². The summed E-state index contributed by atoms with van der Waals surface area (Å²) in [5.41, 5.74) is 0. The largest absolute Gasteiger partial charge is 0.495 e. The van der Waals surface area contributed by atoms with Crippen LogP contribution >= 0.6 is 0 Å². The van der Waals surface area contributed by atoms with E-state index in [-0.39, 0.29) is 0 Å². The Bertz CT molecular complexity index is 190. The standard InChI is InChI=1S/C9H12O2.C2H6/c1-2-4-8(5-3-1)10-6-9-7-11-9;1-2/h1-2,4,9H,3,5-7H2;1-2H3. The Kier molecular flexibility index (Phi) is 4.61. The molecule has 74 valence electrons. The number of ether oxygens (including phenoxy) is 2. The van der Waals surface area contributed by atoms with Crippen LogP contribution in [0.1, 0.15) is 26.7 Å². The van der Waals surface area contributed by atoms with E-state index < -0.39 is 0 Å². The summed E-state index contributed by atoms with van der Waals surface area (Å²) < 4.78 is 10.5. The molecule has 2 nitrogen and oxygen atoms in total. The van der Waals surface area contributed by atoms with E-state index in [4.69, 9.17) is 9.47 Å². The average molecular weight is 182 g/mol. The van der Waals surface area contributed by atoms with Crippen molar-refractivity contribution in [3.63, 3.8) is 0 Å². The number of rotatable bonds is 3. The van der Waals surface area contributed by atoms with Crippen LogP contribution in [0.2, 0.25) is 0 Å². The summed E-state index contributed by atoms with van der Waals surface area (Å²) in [4.78, 5) is 0. The highest BCUT2D eigenvalue weighted by Gasteiger charge is 2.23. The minimum Gasteiger partial charge on any atom is -0.495 e. The first-order chi connectivity index (χ1) is 6.45. The average Bonchev–Trinajstić information content (AvgIpc) is 3.03. The third-order valence-electron chi connectivity index (χ3n) is 1.83. The quantitative estimate of drug-likeness (QED) is 0.626. The van der Waals surface area contributed by atoms with Gasteiger partial charge in [-0.15, -0.1) is 0 Å². The van der Waals surface area contributed by atoms with Crippen LogP contribution in [-0.4, -0.2) is 19.3 Å². The van der Waals surface area contributed by atoms with Crippen molar-refractivity contribution in [3.05, 3.63) is 24.0 Å². The molecule has 1 saturated heterocycles. The summed E-state index contributed by atoms with van der Waals surface area (Å²) in [5.74, 6) is 1.10. The Balaban J connectivity index is 0.000000396. The van der Waals surface area contributed by atoms with E-state index in [2.05, 4.69) is 6.08 Å². The topological polar surface area (TPSA) is 21.8 Å². The smallest absolute Gasteiger partial charge is 0.116 e. The predicted molar refractivity (Wildman–Crippen MR) is 53.5 cm³/mol. The van der Waals surface area contributed by atoms with E-state index in [0.29, 0.717) is 6.10 Å². The second-order valence-electron chi connectivity index (χ2n) is 2.87. The molecule has 0 aromatic rings. The zero-order chi connectivity index (χ0) is 9.52.